The second-order valence-corrected chi connectivity index (χ2v) is 7.75. The highest BCUT2D eigenvalue weighted by atomic mass is 35.5. The van der Waals surface area contributed by atoms with E-state index in [0.717, 1.165) is 5.41 Å². The molecule has 2 aromatic rings. The molecule has 124 valence electrons. The van der Waals surface area contributed by atoms with Crippen LogP contribution in [0.25, 0.3) is 0 Å². The Kier molecular flexibility index (Phi) is 4.43. The van der Waals surface area contributed by atoms with Crippen LogP contribution >= 0.6 is 11.6 Å². The van der Waals surface area contributed by atoms with E-state index in [0.29, 0.717) is 16.3 Å². The first-order valence-corrected chi connectivity index (χ1v) is 9.21. The summed E-state index contributed by atoms with van der Waals surface area (Å²) in [6.45, 7) is 0. The Hall–Kier alpha value is -2.18. The van der Waals surface area contributed by atoms with E-state index in [1.165, 1.54) is 41.3 Å². The van der Waals surface area contributed by atoms with E-state index < -0.39 is 27.6 Å². The van der Waals surface area contributed by atoms with Crippen LogP contribution in [-0.2, 0) is 9.84 Å². The number of carbonyl (C=O) groups is 1. The maximum Gasteiger partial charge on any atom is 0.258 e. The van der Waals surface area contributed by atoms with E-state index in [-0.39, 0.29) is 5.75 Å². The molecule has 1 aliphatic rings. The third-order valence-corrected chi connectivity index (χ3v) is 5.25. The molecule has 0 spiro atoms. The minimum Gasteiger partial charge on any atom is -0.300 e. The van der Waals surface area contributed by atoms with Gasteiger partial charge >= 0.3 is 0 Å². The number of hydrogen-bond acceptors (Lipinski definition) is 3. The summed E-state index contributed by atoms with van der Waals surface area (Å²) in [5.41, 5.74) is 0.734. The van der Waals surface area contributed by atoms with Crippen molar-refractivity contribution in [1.29, 1.82) is 0 Å². The quantitative estimate of drug-likeness (QED) is 0.837. The molecule has 0 saturated carbocycles. The number of nitrogens with zero attached hydrogens (tertiary/aromatic N) is 1. The molecular weight excluding hydrogens is 353 g/mol. The van der Waals surface area contributed by atoms with Gasteiger partial charge in [0, 0.05) is 21.7 Å². The Morgan fingerprint density at radius 2 is 1.88 bits per heavy atom. The van der Waals surface area contributed by atoms with E-state index in [9.17, 15) is 17.6 Å². The lowest BCUT2D eigenvalue weighted by Crippen LogP contribution is -2.41. The van der Waals surface area contributed by atoms with Crippen molar-refractivity contribution >= 4 is 33.0 Å². The fraction of sp³-hybridized carbons (Fsp3) is 0.118. The van der Waals surface area contributed by atoms with Crippen molar-refractivity contribution in [2.75, 3.05) is 10.7 Å². The van der Waals surface area contributed by atoms with Crippen molar-refractivity contribution in [2.45, 2.75) is 6.04 Å². The molecule has 1 amide bonds. The molecule has 3 rings (SSSR count). The fourth-order valence-electron chi connectivity index (χ4n) is 2.54. The molecule has 0 saturated heterocycles. The maximum atomic E-state index is 13.2. The highest BCUT2D eigenvalue weighted by molar-refractivity contribution is 7.94. The van der Waals surface area contributed by atoms with E-state index in [4.69, 9.17) is 11.6 Å². The second kappa shape index (κ2) is 6.37. The third kappa shape index (κ3) is 3.49. The Morgan fingerprint density at radius 3 is 2.46 bits per heavy atom. The van der Waals surface area contributed by atoms with Gasteiger partial charge in [-0.05, 0) is 48.5 Å². The van der Waals surface area contributed by atoms with E-state index in [1.54, 1.807) is 18.2 Å². The molecule has 24 heavy (non-hydrogen) atoms. The van der Waals surface area contributed by atoms with Gasteiger partial charge in [-0.25, -0.2) is 12.8 Å². The van der Waals surface area contributed by atoms with Crippen molar-refractivity contribution in [2.24, 2.45) is 0 Å². The molecule has 4 nitrogen and oxygen atoms in total. The number of carbonyl (C=O) groups excluding carboxylic acids is 1. The van der Waals surface area contributed by atoms with E-state index in [2.05, 4.69) is 0 Å². The lowest BCUT2D eigenvalue weighted by Gasteiger charge is -2.28. The van der Waals surface area contributed by atoms with Gasteiger partial charge in [0.15, 0.2) is 9.84 Å². The molecule has 7 heteroatoms. The summed E-state index contributed by atoms with van der Waals surface area (Å²) >= 11 is 5.94. The molecule has 0 aromatic heterocycles. The van der Waals surface area contributed by atoms with Gasteiger partial charge in [0.2, 0.25) is 0 Å². The predicted octanol–water partition coefficient (Wildman–Crippen LogP) is 3.44. The second-order valence-electron chi connectivity index (χ2n) is 5.39. The highest BCUT2D eigenvalue weighted by Gasteiger charge is 2.32. The lowest BCUT2D eigenvalue weighted by molar-refractivity contribution is 0.0983. The molecular formula is C17H13ClFNO3S. The average molecular weight is 366 g/mol. The summed E-state index contributed by atoms with van der Waals surface area (Å²) in [6.07, 6.45) is 1.46. The van der Waals surface area contributed by atoms with Crippen molar-refractivity contribution in [3.8, 4) is 0 Å². The van der Waals surface area contributed by atoms with Crippen LogP contribution in [-0.4, -0.2) is 26.1 Å². The minimum absolute atomic E-state index is 0.212. The Morgan fingerprint density at radius 1 is 1.17 bits per heavy atom. The van der Waals surface area contributed by atoms with Crippen LogP contribution in [0.4, 0.5) is 10.1 Å². The zero-order chi connectivity index (χ0) is 17.3. The molecule has 1 atom stereocenters. The molecule has 0 unspecified atom stereocenters. The minimum atomic E-state index is -3.36. The number of halogens is 2. The average Bonchev–Trinajstić information content (AvgIpc) is 2.89. The molecule has 0 N–H and O–H groups in total. The van der Waals surface area contributed by atoms with Gasteiger partial charge in [0.25, 0.3) is 5.91 Å². The molecule has 1 heterocycles. The Balaban J connectivity index is 2.03. The summed E-state index contributed by atoms with van der Waals surface area (Å²) in [6, 6.07) is 11.0. The van der Waals surface area contributed by atoms with Gasteiger partial charge in [0.1, 0.15) is 5.82 Å². The van der Waals surface area contributed by atoms with Crippen molar-refractivity contribution in [3.05, 3.63) is 76.4 Å². The smallest absolute Gasteiger partial charge is 0.258 e. The first kappa shape index (κ1) is 16.7. The Bertz CT molecular complexity index is 910. The maximum absolute atomic E-state index is 13.2. The van der Waals surface area contributed by atoms with Crippen molar-refractivity contribution in [3.63, 3.8) is 0 Å². The summed E-state index contributed by atoms with van der Waals surface area (Å²) in [7, 11) is -3.36. The zero-order valence-electron chi connectivity index (χ0n) is 12.4. The molecule has 2 aromatic carbocycles. The van der Waals surface area contributed by atoms with Crippen LogP contribution in [0, 0.1) is 5.82 Å². The molecule has 0 aliphatic carbocycles. The summed E-state index contributed by atoms with van der Waals surface area (Å²) < 4.78 is 36.7. The van der Waals surface area contributed by atoms with Gasteiger partial charge in [0.05, 0.1) is 11.8 Å². The molecule has 0 bridgehead atoms. The standard InChI is InChI=1S/C17H13ClFNO3S/c18-13-3-1-2-12(10-13)17(21)20(15-6-4-14(19)5-7-15)16-8-9-24(22,23)11-16/h1-10,16H,11H2/t16-/m1/s1. The first-order chi connectivity index (χ1) is 11.4. The lowest BCUT2D eigenvalue weighted by atomic mass is 10.1. The molecule has 0 radical (unpaired) electrons. The van der Waals surface area contributed by atoms with Gasteiger partial charge in [-0.3, -0.25) is 4.79 Å². The predicted molar refractivity (Wildman–Crippen MR) is 91.4 cm³/mol. The highest BCUT2D eigenvalue weighted by Crippen LogP contribution is 2.26. The normalized spacial score (nSPS) is 18.5. The number of hydrogen-bond donors (Lipinski definition) is 0. The number of amides is 1. The van der Waals surface area contributed by atoms with Crippen LogP contribution in [0.5, 0.6) is 0 Å². The van der Waals surface area contributed by atoms with Crippen LogP contribution < -0.4 is 4.90 Å². The van der Waals surface area contributed by atoms with Crippen LogP contribution in [0.2, 0.25) is 5.02 Å². The Labute approximate surface area is 144 Å². The largest absolute Gasteiger partial charge is 0.300 e. The monoisotopic (exact) mass is 365 g/mol. The molecule has 1 aliphatic heterocycles. The zero-order valence-corrected chi connectivity index (χ0v) is 14.0. The van der Waals surface area contributed by atoms with Gasteiger partial charge in [-0.1, -0.05) is 17.7 Å². The van der Waals surface area contributed by atoms with Gasteiger partial charge in [-0.2, -0.15) is 0 Å². The van der Waals surface area contributed by atoms with Crippen LogP contribution in [0.15, 0.2) is 60.0 Å². The number of rotatable bonds is 3. The summed E-state index contributed by atoms with van der Waals surface area (Å²) in [5, 5.41) is 1.49. The van der Waals surface area contributed by atoms with Crippen LogP contribution in [0.3, 0.4) is 0 Å². The van der Waals surface area contributed by atoms with Crippen molar-refractivity contribution < 1.29 is 17.6 Å². The van der Waals surface area contributed by atoms with E-state index >= 15 is 0 Å². The van der Waals surface area contributed by atoms with E-state index in [1.807, 2.05) is 0 Å². The number of sulfone groups is 1. The summed E-state index contributed by atoms with van der Waals surface area (Å²) in [4.78, 5) is 14.3. The van der Waals surface area contributed by atoms with Crippen LogP contribution in [0.1, 0.15) is 10.4 Å². The van der Waals surface area contributed by atoms with Crippen molar-refractivity contribution in [1.82, 2.24) is 0 Å². The number of benzene rings is 2. The molecule has 0 fully saturated rings. The summed E-state index contributed by atoms with van der Waals surface area (Å²) in [5.74, 6) is -1.06. The van der Waals surface area contributed by atoms with Gasteiger partial charge < -0.3 is 4.90 Å². The fourth-order valence-corrected chi connectivity index (χ4v) is 4.00. The SMILES string of the molecule is O=C(c1cccc(Cl)c1)N(c1ccc(F)cc1)[C@@H]1C=CS(=O)(=O)C1. The third-order valence-electron chi connectivity index (χ3n) is 3.64. The topological polar surface area (TPSA) is 54.5 Å². The first-order valence-electron chi connectivity index (χ1n) is 7.11. The number of anilines is 1. The van der Waals surface area contributed by atoms with Gasteiger partial charge in [-0.15, -0.1) is 0 Å².